The Morgan fingerprint density at radius 2 is 1.65 bits per heavy atom. The standard InChI is InChI=1S/C19H20O4/c1-21-18(20)17-16(13-12-14-8-4-2-5-9-14)22-19(23-17)15-10-6-3-7-11-15/h2-11,16-17,19H,12-13H2,1H3/t16-,17+,19?/m1/s1. The first-order valence-corrected chi connectivity index (χ1v) is 7.75. The molecule has 23 heavy (non-hydrogen) atoms. The fraction of sp³-hybridized carbons (Fsp3) is 0.316. The van der Waals surface area contributed by atoms with Crippen molar-refractivity contribution in [3.05, 3.63) is 71.8 Å². The van der Waals surface area contributed by atoms with Crippen molar-refractivity contribution in [2.24, 2.45) is 0 Å². The van der Waals surface area contributed by atoms with E-state index >= 15 is 0 Å². The molecule has 1 saturated heterocycles. The van der Waals surface area contributed by atoms with Crippen LogP contribution in [-0.2, 0) is 25.4 Å². The number of hydrogen-bond donors (Lipinski definition) is 0. The molecule has 1 aliphatic heterocycles. The highest BCUT2D eigenvalue weighted by molar-refractivity contribution is 5.75. The molecule has 1 unspecified atom stereocenters. The summed E-state index contributed by atoms with van der Waals surface area (Å²) in [6.45, 7) is 0. The summed E-state index contributed by atoms with van der Waals surface area (Å²) in [5.41, 5.74) is 2.12. The van der Waals surface area contributed by atoms with Gasteiger partial charge in [-0.3, -0.25) is 0 Å². The molecule has 0 aliphatic carbocycles. The van der Waals surface area contributed by atoms with Crippen LogP contribution in [-0.4, -0.2) is 25.3 Å². The summed E-state index contributed by atoms with van der Waals surface area (Å²) < 4.78 is 16.6. The van der Waals surface area contributed by atoms with Crippen LogP contribution in [0.2, 0.25) is 0 Å². The number of ether oxygens (including phenoxy) is 3. The topological polar surface area (TPSA) is 44.8 Å². The van der Waals surface area contributed by atoms with Gasteiger partial charge in [0.2, 0.25) is 0 Å². The van der Waals surface area contributed by atoms with Crippen LogP contribution >= 0.6 is 0 Å². The number of methoxy groups -OCH3 is 1. The van der Waals surface area contributed by atoms with Gasteiger partial charge in [0.15, 0.2) is 12.4 Å². The molecule has 0 N–H and O–H groups in total. The van der Waals surface area contributed by atoms with E-state index in [4.69, 9.17) is 14.2 Å². The number of rotatable bonds is 5. The van der Waals surface area contributed by atoms with Crippen LogP contribution in [0.1, 0.15) is 23.8 Å². The molecule has 0 aromatic heterocycles. The van der Waals surface area contributed by atoms with Crippen molar-refractivity contribution in [3.8, 4) is 0 Å². The van der Waals surface area contributed by atoms with Crippen molar-refractivity contribution >= 4 is 5.97 Å². The largest absolute Gasteiger partial charge is 0.467 e. The van der Waals surface area contributed by atoms with Gasteiger partial charge in [-0.1, -0.05) is 60.7 Å². The Balaban J connectivity index is 1.70. The summed E-state index contributed by atoms with van der Waals surface area (Å²) in [5, 5.41) is 0. The molecule has 4 heteroatoms. The summed E-state index contributed by atoms with van der Waals surface area (Å²) >= 11 is 0. The van der Waals surface area contributed by atoms with Crippen molar-refractivity contribution in [2.75, 3.05) is 7.11 Å². The van der Waals surface area contributed by atoms with Crippen LogP contribution in [0, 0.1) is 0 Å². The second-order valence-corrected chi connectivity index (χ2v) is 5.52. The van der Waals surface area contributed by atoms with Gasteiger partial charge in [0, 0.05) is 5.56 Å². The normalized spacial score (nSPS) is 23.6. The first-order chi connectivity index (χ1) is 11.3. The van der Waals surface area contributed by atoms with E-state index in [1.807, 2.05) is 48.5 Å². The Bertz CT molecular complexity index is 626. The maximum absolute atomic E-state index is 12.0. The fourth-order valence-corrected chi connectivity index (χ4v) is 2.75. The molecule has 3 atom stereocenters. The lowest BCUT2D eigenvalue weighted by Gasteiger charge is -2.14. The quantitative estimate of drug-likeness (QED) is 0.795. The fourth-order valence-electron chi connectivity index (χ4n) is 2.75. The molecule has 120 valence electrons. The number of carbonyl (C=O) groups is 1. The zero-order valence-electron chi connectivity index (χ0n) is 13.1. The maximum Gasteiger partial charge on any atom is 0.337 e. The maximum atomic E-state index is 12.0. The molecule has 0 radical (unpaired) electrons. The van der Waals surface area contributed by atoms with Gasteiger partial charge in [-0.25, -0.2) is 4.79 Å². The molecule has 4 nitrogen and oxygen atoms in total. The van der Waals surface area contributed by atoms with Gasteiger partial charge in [0.1, 0.15) is 0 Å². The lowest BCUT2D eigenvalue weighted by Crippen LogP contribution is -2.32. The number of hydrogen-bond acceptors (Lipinski definition) is 4. The molecular formula is C19H20O4. The van der Waals surface area contributed by atoms with Gasteiger partial charge in [0.05, 0.1) is 13.2 Å². The van der Waals surface area contributed by atoms with Crippen molar-refractivity contribution in [3.63, 3.8) is 0 Å². The highest BCUT2D eigenvalue weighted by Crippen LogP contribution is 2.33. The number of aryl methyl sites for hydroxylation is 1. The van der Waals surface area contributed by atoms with Crippen LogP contribution in [0.5, 0.6) is 0 Å². The third-order valence-electron chi connectivity index (χ3n) is 3.97. The predicted molar refractivity (Wildman–Crippen MR) is 85.7 cm³/mol. The Morgan fingerprint density at radius 3 is 2.30 bits per heavy atom. The molecule has 1 heterocycles. The molecular weight excluding hydrogens is 292 g/mol. The second kappa shape index (κ2) is 7.40. The zero-order chi connectivity index (χ0) is 16.1. The van der Waals surface area contributed by atoms with Crippen molar-refractivity contribution in [1.29, 1.82) is 0 Å². The molecule has 2 aromatic rings. The van der Waals surface area contributed by atoms with Gasteiger partial charge < -0.3 is 14.2 Å². The SMILES string of the molecule is COC(=O)[C@H]1OC(c2ccccc2)O[C@@H]1CCc1ccccc1. The van der Waals surface area contributed by atoms with Crippen LogP contribution in [0.15, 0.2) is 60.7 Å². The van der Waals surface area contributed by atoms with E-state index in [0.717, 1.165) is 12.0 Å². The van der Waals surface area contributed by atoms with Crippen LogP contribution in [0.25, 0.3) is 0 Å². The summed E-state index contributed by atoms with van der Waals surface area (Å²) in [5.74, 6) is -0.388. The Hall–Kier alpha value is -2.17. The van der Waals surface area contributed by atoms with Gasteiger partial charge in [0.25, 0.3) is 0 Å². The average molecular weight is 312 g/mol. The number of carbonyl (C=O) groups excluding carboxylic acids is 1. The highest BCUT2D eigenvalue weighted by Gasteiger charge is 2.41. The Morgan fingerprint density at radius 1 is 1.00 bits per heavy atom. The smallest absolute Gasteiger partial charge is 0.337 e. The summed E-state index contributed by atoms with van der Waals surface area (Å²) in [6.07, 6.45) is -0.000349. The lowest BCUT2D eigenvalue weighted by molar-refractivity contribution is -0.154. The first-order valence-electron chi connectivity index (χ1n) is 7.75. The average Bonchev–Trinajstić information content (AvgIpc) is 3.05. The molecule has 0 spiro atoms. The van der Waals surface area contributed by atoms with E-state index in [0.29, 0.717) is 6.42 Å². The van der Waals surface area contributed by atoms with E-state index in [-0.39, 0.29) is 12.1 Å². The summed E-state index contributed by atoms with van der Waals surface area (Å²) in [6, 6.07) is 19.8. The molecule has 1 aliphatic rings. The first kappa shape index (κ1) is 15.7. The van der Waals surface area contributed by atoms with Crippen molar-refractivity contribution < 1.29 is 19.0 Å². The minimum Gasteiger partial charge on any atom is -0.467 e. The van der Waals surface area contributed by atoms with Crippen LogP contribution in [0.4, 0.5) is 0 Å². The van der Waals surface area contributed by atoms with E-state index in [1.165, 1.54) is 12.7 Å². The van der Waals surface area contributed by atoms with E-state index in [2.05, 4.69) is 12.1 Å². The predicted octanol–water partition coefficient (Wildman–Crippen LogP) is 3.28. The second-order valence-electron chi connectivity index (χ2n) is 5.52. The van der Waals surface area contributed by atoms with Crippen molar-refractivity contribution in [1.82, 2.24) is 0 Å². The Kier molecular flexibility index (Phi) is 5.05. The van der Waals surface area contributed by atoms with Gasteiger partial charge >= 0.3 is 5.97 Å². The third-order valence-corrected chi connectivity index (χ3v) is 3.97. The molecule has 2 aromatic carbocycles. The molecule has 0 amide bonds. The summed E-state index contributed by atoms with van der Waals surface area (Å²) in [7, 11) is 1.37. The third kappa shape index (κ3) is 3.78. The molecule has 1 fully saturated rings. The molecule has 0 saturated carbocycles. The van der Waals surface area contributed by atoms with Crippen LogP contribution < -0.4 is 0 Å². The minimum absolute atomic E-state index is 0.312. The molecule has 0 bridgehead atoms. The van der Waals surface area contributed by atoms with Gasteiger partial charge in [-0.2, -0.15) is 0 Å². The van der Waals surface area contributed by atoms with Gasteiger partial charge in [-0.05, 0) is 18.4 Å². The van der Waals surface area contributed by atoms with E-state index < -0.39 is 12.4 Å². The number of esters is 1. The van der Waals surface area contributed by atoms with Crippen LogP contribution in [0.3, 0.4) is 0 Å². The number of benzene rings is 2. The Labute approximate surface area is 136 Å². The summed E-state index contributed by atoms with van der Waals surface area (Å²) in [4.78, 5) is 12.0. The van der Waals surface area contributed by atoms with Gasteiger partial charge in [-0.15, -0.1) is 0 Å². The highest BCUT2D eigenvalue weighted by atomic mass is 16.7. The minimum atomic E-state index is -0.686. The van der Waals surface area contributed by atoms with Crippen molar-refractivity contribution in [2.45, 2.75) is 31.3 Å². The lowest BCUT2D eigenvalue weighted by atomic mass is 10.0. The van der Waals surface area contributed by atoms with E-state index in [9.17, 15) is 4.79 Å². The monoisotopic (exact) mass is 312 g/mol. The van der Waals surface area contributed by atoms with E-state index in [1.54, 1.807) is 0 Å². The molecule has 3 rings (SSSR count). The zero-order valence-corrected chi connectivity index (χ0v) is 13.1.